The van der Waals surface area contributed by atoms with E-state index >= 15 is 0 Å². The Kier molecular flexibility index (Phi) is 9.27. The van der Waals surface area contributed by atoms with Gasteiger partial charge in [0.1, 0.15) is 5.75 Å². The van der Waals surface area contributed by atoms with Gasteiger partial charge in [0.25, 0.3) is 0 Å². The minimum Gasteiger partial charge on any atom is -0.494 e. The molecule has 4 nitrogen and oxygen atoms in total. The zero-order valence-corrected chi connectivity index (χ0v) is 15.9. The van der Waals surface area contributed by atoms with E-state index in [1.807, 2.05) is 19.2 Å². The summed E-state index contributed by atoms with van der Waals surface area (Å²) in [6.45, 7) is 4.75. The molecule has 1 saturated carbocycles. The molecule has 124 valence electrons. The first-order chi connectivity index (χ1) is 10.3. The highest BCUT2D eigenvalue weighted by Crippen LogP contribution is 2.27. The first kappa shape index (κ1) is 19.1. The van der Waals surface area contributed by atoms with Crippen molar-refractivity contribution < 1.29 is 4.74 Å². The normalized spacial score (nSPS) is 14.2. The van der Waals surface area contributed by atoms with Crippen LogP contribution in [0.1, 0.15) is 38.2 Å². The van der Waals surface area contributed by atoms with Crippen LogP contribution in [0.2, 0.25) is 0 Å². The molecule has 0 amide bonds. The maximum absolute atomic E-state index is 5.73. The molecule has 0 aliphatic heterocycles. The fourth-order valence-electron chi connectivity index (χ4n) is 2.05. The third kappa shape index (κ3) is 7.33. The van der Waals surface area contributed by atoms with E-state index in [1.54, 1.807) is 0 Å². The highest BCUT2D eigenvalue weighted by Gasteiger charge is 2.20. The van der Waals surface area contributed by atoms with E-state index in [1.165, 1.54) is 18.4 Å². The zero-order chi connectivity index (χ0) is 14.9. The van der Waals surface area contributed by atoms with E-state index < -0.39 is 0 Å². The van der Waals surface area contributed by atoms with Gasteiger partial charge in [0.15, 0.2) is 5.96 Å². The average Bonchev–Trinajstić information content (AvgIpc) is 3.32. The van der Waals surface area contributed by atoms with E-state index in [4.69, 9.17) is 4.74 Å². The second-order valence-corrected chi connectivity index (χ2v) is 5.60. The van der Waals surface area contributed by atoms with E-state index in [-0.39, 0.29) is 24.0 Å². The number of unbranched alkanes of at least 4 members (excludes halogenated alkanes) is 1. The fraction of sp³-hybridized carbons (Fsp3) is 0.588. The molecule has 0 aromatic heterocycles. The Bertz CT molecular complexity index is 461. The van der Waals surface area contributed by atoms with E-state index in [0.29, 0.717) is 0 Å². The van der Waals surface area contributed by atoms with Crippen LogP contribution in [0.15, 0.2) is 29.3 Å². The van der Waals surface area contributed by atoms with Gasteiger partial charge < -0.3 is 15.4 Å². The standard InChI is InChI=1S/C17H27N3O.HI/c1-3-4-10-21-16-7-5-6-15(11-16)13-20-17(18-2)19-12-14-8-9-14;/h5-7,11,14H,3-4,8-10,12-13H2,1-2H3,(H2,18,19,20);1H. The lowest BCUT2D eigenvalue weighted by Crippen LogP contribution is -2.37. The molecule has 22 heavy (non-hydrogen) atoms. The SMILES string of the molecule is CCCCOc1cccc(CNC(=NC)NCC2CC2)c1.I. The highest BCUT2D eigenvalue weighted by atomic mass is 127. The van der Waals surface area contributed by atoms with Crippen LogP contribution in [0, 0.1) is 5.92 Å². The summed E-state index contributed by atoms with van der Waals surface area (Å²) >= 11 is 0. The minimum atomic E-state index is 0. The molecule has 1 fully saturated rings. The lowest BCUT2D eigenvalue weighted by molar-refractivity contribution is 0.309. The smallest absolute Gasteiger partial charge is 0.191 e. The van der Waals surface area contributed by atoms with Crippen molar-refractivity contribution in [3.63, 3.8) is 0 Å². The predicted octanol–water partition coefficient (Wildman–Crippen LogP) is 3.56. The number of rotatable bonds is 8. The summed E-state index contributed by atoms with van der Waals surface area (Å²) in [5.41, 5.74) is 1.21. The summed E-state index contributed by atoms with van der Waals surface area (Å²) in [4.78, 5) is 4.25. The summed E-state index contributed by atoms with van der Waals surface area (Å²) in [5, 5.41) is 6.71. The summed E-state index contributed by atoms with van der Waals surface area (Å²) in [5.74, 6) is 2.67. The van der Waals surface area contributed by atoms with Gasteiger partial charge in [0.05, 0.1) is 6.61 Å². The van der Waals surface area contributed by atoms with Gasteiger partial charge in [-0.25, -0.2) is 0 Å². The molecule has 0 spiro atoms. The van der Waals surface area contributed by atoms with Crippen molar-refractivity contribution in [2.24, 2.45) is 10.9 Å². The molecule has 2 N–H and O–H groups in total. The van der Waals surface area contributed by atoms with E-state index in [0.717, 1.165) is 50.2 Å². The summed E-state index contributed by atoms with van der Waals surface area (Å²) < 4.78 is 5.73. The molecule has 0 saturated heterocycles. The van der Waals surface area contributed by atoms with Crippen LogP contribution >= 0.6 is 24.0 Å². The number of hydrogen-bond donors (Lipinski definition) is 2. The van der Waals surface area contributed by atoms with Crippen molar-refractivity contribution in [2.45, 2.75) is 39.2 Å². The van der Waals surface area contributed by atoms with Crippen LogP contribution in [0.3, 0.4) is 0 Å². The van der Waals surface area contributed by atoms with Gasteiger partial charge >= 0.3 is 0 Å². The number of halogens is 1. The van der Waals surface area contributed by atoms with Crippen LogP contribution in [0.25, 0.3) is 0 Å². The monoisotopic (exact) mass is 417 g/mol. The molecular formula is C17H28IN3O. The zero-order valence-electron chi connectivity index (χ0n) is 13.6. The van der Waals surface area contributed by atoms with Crippen molar-refractivity contribution in [1.82, 2.24) is 10.6 Å². The van der Waals surface area contributed by atoms with Gasteiger partial charge in [0, 0.05) is 20.1 Å². The summed E-state index contributed by atoms with van der Waals surface area (Å²) in [7, 11) is 1.81. The first-order valence-electron chi connectivity index (χ1n) is 7.98. The van der Waals surface area contributed by atoms with Gasteiger partial charge in [-0.15, -0.1) is 24.0 Å². The molecule has 1 aromatic carbocycles. The lowest BCUT2D eigenvalue weighted by atomic mass is 10.2. The molecule has 5 heteroatoms. The second kappa shape index (κ2) is 10.7. The Balaban J connectivity index is 0.00000242. The third-order valence-electron chi connectivity index (χ3n) is 3.60. The van der Waals surface area contributed by atoms with Crippen molar-refractivity contribution in [1.29, 1.82) is 0 Å². The molecular weight excluding hydrogens is 389 g/mol. The Labute approximate surface area is 151 Å². The van der Waals surface area contributed by atoms with Gasteiger partial charge in [-0.05, 0) is 42.9 Å². The van der Waals surface area contributed by atoms with E-state index in [9.17, 15) is 0 Å². The minimum absolute atomic E-state index is 0. The average molecular weight is 417 g/mol. The Morgan fingerprint density at radius 1 is 1.32 bits per heavy atom. The van der Waals surface area contributed by atoms with Crippen molar-refractivity contribution >= 4 is 29.9 Å². The number of aliphatic imine (C=N–C) groups is 1. The van der Waals surface area contributed by atoms with Crippen molar-refractivity contribution in [2.75, 3.05) is 20.2 Å². The van der Waals surface area contributed by atoms with Gasteiger partial charge in [-0.1, -0.05) is 25.5 Å². The number of hydrogen-bond acceptors (Lipinski definition) is 2. The van der Waals surface area contributed by atoms with Crippen LogP contribution in [0.5, 0.6) is 5.75 Å². The maximum Gasteiger partial charge on any atom is 0.191 e. The Morgan fingerprint density at radius 2 is 2.14 bits per heavy atom. The summed E-state index contributed by atoms with van der Waals surface area (Å²) in [6, 6.07) is 8.25. The van der Waals surface area contributed by atoms with Crippen molar-refractivity contribution in [3.8, 4) is 5.75 Å². The number of nitrogens with one attached hydrogen (secondary N) is 2. The summed E-state index contributed by atoms with van der Waals surface area (Å²) in [6.07, 6.45) is 4.95. The first-order valence-corrected chi connectivity index (χ1v) is 7.98. The van der Waals surface area contributed by atoms with Crippen molar-refractivity contribution in [3.05, 3.63) is 29.8 Å². The molecule has 1 aliphatic carbocycles. The Morgan fingerprint density at radius 3 is 2.82 bits per heavy atom. The van der Waals surface area contributed by atoms with Gasteiger partial charge in [-0.2, -0.15) is 0 Å². The maximum atomic E-state index is 5.73. The molecule has 0 unspecified atom stereocenters. The molecule has 0 radical (unpaired) electrons. The molecule has 2 rings (SSSR count). The quantitative estimate of drug-likeness (QED) is 0.294. The van der Waals surface area contributed by atoms with Gasteiger partial charge in [-0.3, -0.25) is 4.99 Å². The molecule has 1 aromatic rings. The number of guanidine groups is 1. The molecule has 0 atom stereocenters. The topological polar surface area (TPSA) is 45.6 Å². The molecule has 0 heterocycles. The molecule has 0 bridgehead atoms. The van der Waals surface area contributed by atoms with Crippen LogP contribution < -0.4 is 15.4 Å². The van der Waals surface area contributed by atoms with Crippen LogP contribution in [-0.4, -0.2) is 26.2 Å². The number of benzene rings is 1. The molecule has 1 aliphatic rings. The van der Waals surface area contributed by atoms with E-state index in [2.05, 4.69) is 34.7 Å². The largest absolute Gasteiger partial charge is 0.494 e. The number of nitrogens with zero attached hydrogens (tertiary/aromatic N) is 1. The van der Waals surface area contributed by atoms with Crippen LogP contribution in [0.4, 0.5) is 0 Å². The highest BCUT2D eigenvalue weighted by molar-refractivity contribution is 14.0. The third-order valence-corrected chi connectivity index (χ3v) is 3.60. The Hall–Kier alpha value is -0.980. The predicted molar refractivity (Wildman–Crippen MR) is 103 cm³/mol. The second-order valence-electron chi connectivity index (χ2n) is 5.60. The fourth-order valence-corrected chi connectivity index (χ4v) is 2.05. The lowest BCUT2D eigenvalue weighted by Gasteiger charge is -2.12. The van der Waals surface area contributed by atoms with Gasteiger partial charge in [0.2, 0.25) is 0 Å². The van der Waals surface area contributed by atoms with Crippen LogP contribution in [-0.2, 0) is 6.54 Å². The number of ether oxygens (including phenoxy) is 1.